The Bertz CT molecular complexity index is 597. The van der Waals surface area contributed by atoms with Crippen molar-refractivity contribution in [1.29, 1.82) is 0 Å². The fourth-order valence-corrected chi connectivity index (χ4v) is 1.50. The van der Waals surface area contributed by atoms with Crippen molar-refractivity contribution in [2.75, 3.05) is 0 Å². The molecule has 7 heteroatoms. The van der Waals surface area contributed by atoms with E-state index in [-0.39, 0.29) is 5.96 Å². The summed E-state index contributed by atoms with van der Waals surface area (Å²) in [6, 6.07) is 1.71. The average Bonchev–Trinajstić information content (AvgIpc) is 2.72. The molecule has 0 bridgehead atoms. The predicted molar refractivity (Wildman–Crippen MR) is 66.2 cm³/mol. The molecule has 1 amide bonds. The number of nitrogens with two attached hydrogens (primary N) is 2. The van der Waals surface area contributed by atoms with Crippen LogP contribution >= 0.6 is 0 Å². The fraction of sp³-hybridized carbons (Fsp3) is 0.0909. The lowest BCUT2D eigenvalue weighted by Crippen LogP contribution is -2.24. The van der Waals surface area contributed by atoms with Gasteiger partial charge in [0.1, 0.15) is 0 Å². The molecule has 0 aliphatic heterocycles. The zero-order valence-electron chi connectivity index (χ0n) is 9.74. The van der Waals surface area contributed by atoms with Crippen molar-refractivity contribution in [3.8, 4) is 5.95 Å². The number of carbonyl (C=O) groups excluding carboxylic acids is 1. The number of carbonyl (C=O) groups is 1. The van der Waals surface area contributed by atoms with Gasteiger partial charge in [0.15, 0.2) is 5.96 Å². The second-order valence-corrected chi connectivity index (χ2v) is 3.65. The number of nitrogens with zero attached hydrogens (tertiary/aromatic N) is 4. The van der Waals surface area contributed by atoms with Crippen LogP contribution < -0.4 is 11.5 Å². The highest BCUT2D eigenvalue weighted by atomic mass is 16.1. The Labute approximate surface area is 103 Å². The number of rotatable bonds is 2. The molecule has 0 saturated heterocycles. The largest absolute Gasteiger partial charge is 0.370 e. The molecular formula is C11H12N6O. The lowest BCUT2D eigenvalue weighted by Gasteiger charge is -1.97. The quantitative estimate of drug-likeness (QED) is 0.570. The van der Waals surface area contributed by atoms with Gasteiger partial charge in [-0.2, -0.15) is 4.99 Å². The minimum Gasteiger partial charge on any atom is -0.370 e. The standard InChI is InChI=1S/C11H12N6O/c1-7-5-17(11-14-3-2-4-15-11)6-8(7)9(18)16-10(12)13/h2-6H,1H3,(H4,12,13,16,18). The van der Waals surface area contributed by atoms with Gasteiger partial charge >= 0.3 is 0 Å². The topological polar surface area (TPSA) is 112 Å². The Morgan fingerprint density at radius 3 is 2.56 bits per heavy atom. The van der Waals surface area contributed by atoms with Crippen LogP contribution in [0.5, 0.6) is 0 Å². The first kappa shape index (κ1) is 11.8. The van der Waals surface area contributed by atoms with Crippen molar-refractivity contribution in [2.24, 2.45) is 16.5 Å². The summed E-state index contributed by atoms with van der Waals surface area (Å²) in [6.07, 6.45) is 6.58. The highest BCUT2D eigenvalue weighted by molar-refractivity contribution is 6.02. The first-order chi connectivity index (χ1) is 8.58. The lowest BCUT2D eigenvalue weighted by molar-refractivity contribution is 0.100. The zero-order valence-corrected chi connectivity index (χ0v) is 9.74. The molecule has 0 aromatic carbocycles. The van der Waals surface area contributed by atoms with Crippen LogP contribution in [0, 0.1) is 6.92 Å². The van der Waals surface area contributed by atoms with E-state index in [1.54, 1.807) is 42.3 Å². The molecule has 2 rings (SSSR count). The van der Waals surface area contributed by atoms with E-state index in [1.807, 2.05) is 0 Å². The summed E-state index contributed by atoms with van der Waals surface area (Å²) in [5.41, 5.74) is 11.5. The predicted octanol–water partition coefficient (Wildman–Crippen LogP) is -0.0107. The third-order valence-electron chi connectivity index (χ3n) is 2.27. The Morgan fingerprint density at radius 2 is 1.94 bits per heavy atom. The van der Waals surface area contributed by atoms with Crippen LogP contribution in [0.3, 0.4) is 0 Å². The Kier molecular flexibility index (Phi) is 3.05. The van der Waals surface area contributed by atoms with Gasteiger partial charge in [-0.25, -0.2) is 9.97 Å². The van der Waals surface area contributed by atoms with Crippen LogP contribution in [-0.4, -0.2) is 26.4 Å². The number of hydrogen-bond donors (Lipinski definition) is 2. The summed E-state index contributed by atoms with van der Waals surface area (Å²) in [5, 5.41) is 0. The maximum Gasteiger partial charge on any atom is 0.282 e. The van der Waals surface area contributed by atoms with E-state index in [4.69, 9.17) is 11.5 Å². The number of aliphatic imine (C=N–C) groups is 1. The van der Waals surface area contributed by atoms with Crippen LogP contribution in [0.4, 0.5) is 0 Å². The minimum absolute atomic E-state index is 0.261. The fourth-order valence-electron chi connectivity index (χ4n) is 1.50. The van der Waals surface area contributed by atoms with Gasteiger partial charge < -0.3 is 11.5 Å². The van der Waals surface area contributed by atoms with Gasteiger partial charge in [-0.05, 0) is 18.6 Å². The third kappa shape index (κ3) is 2.34. The third-order valence-corrected chi connectivity index (χ3v) is 2.27. The van der Waals surface area contributed by atoms with Crippen molar-refractivity contribution < 1.29 is 4.79 Å². The van der Waals surface area contributed by atoms with Crippen LogP contribution in [-0.2, 0) is 0 Å². The van der Waals surface area contributed by atoms with Gasteiger partial charge in [0.05, 0.1) is 5.56 Å². The SMILES string of the molecule is Cc1cn(-c2ncccn2)cc1C(=O)N=C(N)N. The number of guanidine groups is 1. The van der Waals surface area contributed by atoms with Gasteiger partial charge in [0, 0.05) is 24.8 Å². The van der Waals surface area contributed by atoms with Gasteiger partial charge in [0.2, 0.25) is 5.95 Å². The molecule has 18 heavy (non-hydrogen) atoms. The molecular weight excluding hydrogens is 232 g/mol. The molecule has 0 spiro atoms. The maximum atomic E-state index is 11.7. The van der Waals surface area contributed by atoms with Gasteiger partial charge in [-0.1, -0.05) is 0 Å². The van der Waals surface area contributed by atoms with Gasteiger partial charge in [-0.3, -0.25) is 9.36 Å². The number of hydrogen-bond acceptors (Lipinski definition) is 3. The molecule has 0 fully saturated rings. The average molecular weight is 244 g/mol. The Balaban J connectivity index is 2.39. The summed E-state index contributed by atoms with van der Waals surface area (Å²) >= 11 is 0. The lowest BCUT2D eigenvalue weighted by atomic mass is 10.2. The summed E-state index contributed by atoms with van der Waals surface area (Å²) in [5.74, 6) is -0.269. The first-order valence-corrected chi connectivity index (χ1v) is 5.18. The zero-order chi connectivity index (χ0) is 13.1. The van der Waals surface area contributed by atoms with Crippen molar-refractivity contribution in [3.63, 3.8) is 0 Å². The monoisotopic (exact) mass is 244 g/mol. The molecule has 0 radical (unpaired) electrons. The second kappa shape index (κ2) is 4.66. The summed E-state index contributed by atoms with van der Waals surface area (Å²) in [6.45, 7) is 1.79. The van der Waals surface area contributed by atoms with E-state index in [2.05, 4.69) is 15.0 Å². The number of aromatic nitrogens is 3. The molecule has 2 heterocycles. The summed E-state index contributed by atoms with van der Waals surface area (Å²) in [7, 11) is 0. The maximum absolute atomic E-state index is 11.7. The molecule has 92 valence electrons. The molecule has 0 unspecified atom stereocenters. The molecule has 0 atom stereocenters. The van der Waals surface area contributed by atoms with Crippen molar-refractivity contribution >= 4 is 11.9 Å². The minimum atomic E-state index is -0.484. The van der Waals surface area contributed by atoms with Crippen molar-refractivity contribution in [3.05, 3.63) is 42.0 Å². The Hall–Kier alpha value is -2.70. The van der Waals surface area contributed by atoms with Crippen molar-refractivity contribution in [2.45, 2.75) is 6.92 Å². The van der Waals surface area contributed by atoms with Crippen LogP contribution in [0.1, 0.15) is 15.9 Å². The second-order valence-electron chi connectivity index (χ2n) is 3.65. The van der Waals surface area contributed by atoms with Crippen LogP contribution in [0.25, 0.3) is 5.95 Å². The van der Waals surface area contributed by atoms with E-state index in [1.165, 1.54) is 0 Å². The molecule has 0 saturated carbocycles. The van der Waals surface area contributed by atoms with Crippen LogP contribution in [0.15, 0.2) is 35.8 Å². The number of aryl methyl sites for hydroxylation is 1. The van der Waals surface area contributed by atoms with E-state index in [9.17, 15) is 4.79 Å². The van der Waals surface area contributed by atoms with Crippen LogP contribution in [0.2, 0.25) is 0 Å². The van der Waals surface area contributed by atoms with E-state index < -0.39 is 5.91 Å². The molecule has 0 aliphatic carbocycles. The highest BCUT2D eigenvalue weighted by Gasteiger charge is 2.12. The molecule has 2 aromatic heterocycles. The van der Waals surface area contributed by atoms with E-state index in [0.717, 1.165) is 5.56 Å². The summed E-state index contributed by atoms with van der Waals surface area (Å²) < 4.78 is 1.64. The number of amides is 1. The van der Waals surface area contributed by atoms with Gasteiger partial charge in [-0.15, -0.1) is 0 Å². The normalized spacial score (nSPS) is 10.1. The Morgan fingerprint density at radius 1 is 1.28 bits per heavy atom. The molecule has 4 N–H and O–H groups in total. The van der Waals surface area contributed by atoms with Gasteiger partial charge in [0.25, 0.3) is 5.91 Å². The van der Waals surface area contributed by atoms with E-state index >= 15 is 0 Å². The molecule has 0 aliphatic rings. The van der Waals surface area contributed by atoms with Crippen molar-refractivity contribution in [1.82, 2.24) is 14.5 Å². The molecule has 7 nitrogen and oxygen atoms in total. The summed E-state index contributed by atoms with van der Waals surface area (Å²) in [4.78, 5) is 23.4. The smallest absolute Gasteiger partial charge is 0.282 e. The molecule has 2 aromatic rings. The first-order valence-electron chi connectivity index (χ1n) is 5.18. The highest BCUT2D eigenvalue weighted by Crippen LogP contribution is 2.13. The van der Waals surface area contributed by atoms with E-state index in [0.29, 0.717) is 11.5 Å².